The number of aromatic nitrogens is 1. The molecule has 0 aliphatic carbocycles. The van der Waals surface area contributed by atoms with Crippen molar-refractivity contribution in [3.63, 3.8) is 0 Å². The van der Waals surface area contributed by atoms with Gasteiger partial charge in [-0.05, 0) is 49.2 Å². The van der Waals surface area contributed by atoms with Crippen LogP contribution in [0.5, 0.6) is 0 Å². The molecular weight excluding hydrogens is 380 g/mol. The molecule has 1 saturated heterocycles. The van der Waals surface area contributed by atoms with Crippen LogP contribution in [-0.2, 0) is 11.3 Å². The van der Waals surface area contributed by atoms with E-state index >= 15 is 0 Å². The Morgan fingerprint density at radius 2 is 2.04 bits per heavy atom. The van der Waals surface area contributed by atoms with Crippen LogP contribution < -0.4 is 0 Å². The van der Waals surface area contributed by atoms with Crippen LogP contribution in [0.4, 0.5) is 0 Å². The molecule has 2 atom stereocenters. The number of fused-ring (bicyclic) bond motifs is 1. The van der Waals surface area contributed by atoms with Gasteiger partial charge in [-0.25, -0.2) is 4.98 Å². The minimum Gasteiger partial charge on any atom is -0.389 e. The van der Waals surface area contributed by atoms with Crippen molar-refractivity contribution < 1.29 is 9.84 Å². The lowest BCUT2D eigenvalue weighted by Crippen LogP contribution is -2.34. The number of nitrogens with zero attached hydrogens (tertiary/aromatic N) is 2. The number of likely N-dealkylation sites (tertiary alicyclic amines) is 1. The lowest BCUT2D eigenvalue weighted by Gasteiger charge is -2.25. The molecule has 0 amide bonds. The van der Waals surface area contributed by atoms with Crippen molar-refractivity contribution in [3.05, 3.63) is 64.1 Å². The van der Waals surface area contributed by atoms with Crippen molar-refractivity contribution in [1.82, 2.24) is 9.88 Å². The van der Waals surface area contributed by atoms with Gasteiger partial charge in [-0.2, -0.15) is 0 Å². The van der Waals surface area contributed by atoms with Crippen LogP contribution in [0.3, 0.4) is 0 Å². The fourth-order valence-corrected chi connectivity index (χ4v) is 4.84. The van der Waals surface area contributed by atoms with E-state index in [1.165, 1.54) is 4.70 Å². The summed E-state index contributed by atoms with van der Waals surface area (Å²) in [5.74, 6) is 0. The van der Waals surface area contributed by atoms with Crippen LogP contribution in [0.2, 0.25) is 5.02 Å². The highest BCUT2D eigenvalue weighted by Gasteiger charge is 2.30. The maximum Gasteiger partial charge on any atom is 0.111 e. The van der Waals surface area contributed by atoms with Crippen LogP contribution in [0.15, 0.2) is 48.5 Å². The second-order valence-corrected chi connectivity index (χ2v) is 8.47. The summed E-state index contributed by atoms with van der Waals surface area (Å²) < 4.78 is 6.92. The van der Waals surface area contributed by atoms with Crippen molar-refractivity contribution in [2.45, 2.75) is 31.6 Å². The van der Waals surface area contributed by atoms with Gasteiger partial charge in [-0.1, -0.05) is 35.9 Å². The zero-order chi connectivity index (χ0) is 18.6. The lowest BCUT2D eigenvalue weighted by molar-refractivity contribution is 0.00772. The smallest absolute Gasteiger partial charge is 0.111 e. The number of aliphatic hydroxyl groups excluding tert-OH is 1. The summed E-state index contributed by atoms with van der Waals surface area (Å²) in [5, 5.41) is 12.3. The van der Waals surface area contributed by atoms with E-state index in [9.17, 15) is 5.11 Å². The summed E-state index contributed by atoms with van der Waals surface area (Å²) in [6, 6.07) is 16.2. The number of hydrogen-bond acceptors (Lipinski definition) is 5. The summed E-state index contributed by atoms with van der Waals surface area (Å²) in [6.45, 7) is 2.41. The molecule has 27 heavy (non-hydrogen) atoms. The fraction of sp³-hybridized carbons (Fsp3) is 0.381. The number of hydrogen-bond donors (Lipinski definition) is 1. The topological polar surface area (TPSA) is 45.6 Å². The van der Waals surface area contributed by atoms with Gasteiger partial charge >= 0.3 is 0 Å². The average Bonchev–Trinajstić information content (AvgIpc) is 3.29. The number of para-hydroxylation sites is 1. The third-order valence-corrected chi connectivity index (χ3v) is 6.29. The second-order valence-electron chi connectivity index (χ2n) is 6.97. The molecule has 1 aromatic heterocycles. The molecule has 3 aromatic rings. The number of β-amino-alcohol motifs (C(OH)–C–C–N with tert-alkyl or cyclic N) is 1. The molecule has 0 spiro atoms. The van der Waals surface area contributed by atoms with Gasteiger partial charge in [0.1, 0.15) is 5.01 Å². The maximum absolute atomic E-state index is 10.4. The molecular formula is C21H23ClN2O2S. The Morgan fingerprint density at radius 3 is 2.85 bits per heavy atom. The van der Waals surface area contributed by atoms with Crippen molar-refractivity contribution in [3.8, 4) is 0 Å². The van der Waals surface area contributed by atoms with E-state index in [0.717, 1.165) is 35.5 Å². The van der Waals surface area contributed by atoms with Crippen LogP contribution in [-0.4, -0.2) is 40.8 Å². The van der Waals surface area contributed by atoms with Crippen molar-refractivity contribution >= 4 is 33.2 Å². The predicted molar refractivity (Wildman–Crippen MR) is 110 cm³/mol. The Labute approximate surface area is 168 Å². The van der Waals surface area contributed by atoms with Gasteiger partial charge in [0.05, 0.1) is 35.6 Å². The molecule has 1 N–H and O–H groups in total. The number of thiazole rings is 1. The highest BCUT2D eigenvalue weighted by Crippen LogP contribution is 2.36. The van der Waals surface area contributed by atoms with E-state index in [2.05, 4.69) is 23.1 Å². The molecule has 2 heterocycles. The summed E-state index contributed by atoms with van der Waals surface area (Å²) in [5.41, 5.74) is 2.12. The minimum atomic E-state index is -0.507. The van der Waals surface area contributed by atoms with E-state index < -0.39 is 6.10 Å². The Hall–Kier alpha value is -1.50. The fourth-order valence-electron chi connectivity index (χ4n) is 3.57. The van der Waals surface area contributed by atoms with E-state index in [1.807, 2.05) is 30.3 Å². The third kappa shape index (κ3) is 4.68. The predicted octanol–water partition coefficient (Wildman–Crippen LogP) is 4.66. The largest absolute Gasteiger partial charge is 0.389 e. The van der Waals surface area contributed by atoms with Gasteiger partial charge in [0, 0.05) is 11.6 Å². The first kappa shape index (κ1) is 18.8. The molecule has 0 radical (unpaired) electrons. The summed E-state index contributed by atoms with van der Waals surface area (Å²) in [4.78, 5) is 7.16. The zero-order valence-corrected chi connectivity index (χ0v) is 16.6. The van der Waals surface area contributed by atoms with Crippen LogP contribution in [0.1, 0.15) is 29.5 Å². The molecule has 1 fully saturated rings. The summed E-state index contributed by atoms with van der Waals surface area (Å²) >= 11 is 7.66. The molecule has 2 unspecified atom stereocenters. The van der Waals surface area contributed by atoms with Crippen LogP contribution in [0.25, 0.3) is 10.2 Å². The Bertz CT molecular complexity index is 850. The van der Waals surface area contributed by atoms with Gasteiger partial charge in [-0.15, -0.1) is 11.3 Å². The van der Waals surface area contributed by atoms with Gasteiger partial charge in [0.2, 0.25) is 0 Å². The summed E-state index contributed by atoms with van der Waals surface area (Å²) in [6.07, 6.45) is 1.73. The molecule has 4 rings (SSSR count). The Kier molecular flexibility index (Phi) is 6.05. The van der Waals surface area contributed by atoms with E-state index in [4.69, 9.17) is 21.3 Å². The highest BCUT2D eigenvalue weighted by atomic mass is 35.5. The van der Waals surface area contributed by atoms with Crippen molar-refractivity contribution in [2.24, 2.45) is 0 Å². The first-order valence-electron chi connectivity index (χ1n) is 9.29. The highest BCUT2D eigenvalue weighted by molar-refractivity contribution is 7.18. The normalized spacial score (nSPS) is 19.0. The van der Waals surface area contributed by atoms with Gasteiger partial charge in [0.25, 0.3) is 0 Å². The molecule has 2 aromatic carbocycles. The number of benzene rings is 2. The number of aliphatic hydroxyl groups is 1. The van der Waals surface area contributed by atoms with Gasteiger partial charge in [0.15, 0.2) is 0 Å². The molecule has 0 saturated carbocycles. The van der Waals surface area contributed by atoms with Crippen molar-refractivity contribution in [2.75, 3.05) is 19.7 Å². The Balaban J connectivity index is 1.31. The zero-order valence-electron chi connectivity index (χ0n) is 15.1. The molecule has 1 aliphatic rings. The lowest BCUT2D eigenvalue weighted by atomic mass is 10.2. The first-order valence-corrected chi connectivity index (χ1v) is 10.5. The average molecular weight is 403 g/mol. The first-order chi connectivity index (χ1) is 13.2. The maximum atomic E-state index is 10.4. The SMILES string of the molecule is OC(COCc1ccc(Cl)cc1)CN1CCCC1c1nc2ccccc2s1. The second kappa shape index (κ2) is 8.67. The molecule has 1 aliphatic heterocycles. The molecule has 6 heteroatoms. The molecule has 0 bridgehead atoms. The Morgan fingerprint density at radius 1 is 1.22 bits per heavy atom. The van der Waals surface area contributed by atoms with Crippen LogP contribution >= 0.6 is 22.9 Å². The van der Waals surface area contributed by atoms with Crippen molar-refractivity contribution in [1.29, 1.82) is 0 Å². The summed E-state index contributed by atoms with van der Waals surface area (Å²) in [7, 11) is 0. The number of ether oxygens (including phenoxy) is 1. The third-order valence-electron chi connectivity index (χ3n) is 4.90. The van der Waals surface area contributed by atoms with Gasteiger partial charge in [-0.3, -0.25) is 4.90 Å². The van der Waals surface area contributed by atoms with E-state index in [1.54, 1.807) is 11.3 Å². The standard InChI is InChI=1S/C21H23ClN2O2S/c22-16-9-7-15(8-10-16)13-26-14-17(25)12-24-11-3-5-19(24)21-23-18-4-1-2-6-20(18)27-21/h1-2,4,6-10,17,19,25H,3,5,11-14H2. The monoisotopic (exact) mass is 402 g/mol. The number of rotatable bonds is 7. The van der Waals surface area contributed by atoms with Gasteiger partial charge < -0.3 is 9.84 Å². The van der Waals surface area contributed by atoms with E-state index in [-0.39, 0.29) is 0 Å². The van der Waals surface area contributed by atoms with Crippen LogP contribution in [0, 0.1) is 0 Å². The molecule has 142 valence electrons. The molecule has 4 nitrogen and oxygen atoms in total. The quantitative estimate of drug-likeness (QED) is 0.624. The van der Waals surface area contributed by atoms with E-state index in [0.29, 0.717) is 30.8 Å². The number of halogens is 1. The minimum absolute atomic E-state index is 0.299.